The van der Waals surface area contributed by atoms with Gasteiger partial charge in [0.15, 0.2) is 0 Å². The summed E-state index contributed by atoms with van der Waals surface area (Å²) in [7, 11) is 0. The molecule has 0 fully saturated rings. The van der Waals surface area contributed by atoms with Gasteiger partial charge in [0.1, 0.15) is 5.38 Å². The largest absolute Gasteiger partial charge is 0.368 e. The molecule has 0 saturated heterocycles. The second-order valence-electron chi connectivity index (χ2n) is 2.79. The zero-order valence-corrected chi connectivity index (χ0v) is 9.39. The molecule has 2 N–H and O–H groups in total. The molecule has 2 nitrogen and oxygen atoms in total. The monoisotopic (exact) mass is 261 g/mol. The lowest BCUT2D eigenvalue weighted by Crippen LogP contribution is -2.17. The highest BCUT2D eigenvalue weighted by atomic mass is 79.9. The van der Waals surface area contributed by atoms with Gasteiger partial charge in [0.2, 0.25) is 5.91 Å². The van der Waals surface area contributed by atoms with Crippen LogP contribution < -0.4 is 5.73 Å². The summed E-state index contributed by atoms with van der Waals surface area (Å²) in [6, 6.07) is 5.58. The summed E-state index contributed by atoms with van der Waals surface area (Å²) in [5.41, 5.74) is 6.89. The predicted octanol–water partition coefficient (Wildman–Crippen LogP) is 2.52. The van der Waals surface area contributed by atoms with Crippen molar-refractivity contribution in [3.8, 4) is 0 Å². The van der Waals surface area contributed by atoms with Gasteiger partial charge in [-0.2, -0.15) is 0 Å². The van der Waals surface area contributed by atoms with E-state index in [0.717, 1.165) is 10.0 Å². The number of amides is 1. The maximum atomic E-state index is 10.8. The van der Waals surface area contributed by atoms with E-state index in [-0.39, 0.29) is 0 Å². The van der Waals surface area contributed by atoms with E-state index in [1.165, 1.54) is 0 Å². The van der Waals surface area contributed by atoms with Crippen molar-refractivity contribution in [2.75, 3.05) is 0 Å². The summed E-state index contributed by atoms with van der Waals surface area (Å²) in [5, 5.41) is -0.769. The molecule has 0 heterocycles. The molecule has 0 aliphatic heterocycles. The molecule has 1 rings (SSSR count). The molecule has 13 heavy (non-hydrogen) atoms. The maximum Gasteiger partial charge on any atom is 0.240 e. The van der Waals surface area contributed by atoms with Gasteiger partial charge in [0.05, 0.1) is 0 Å². The molecule has 0 spiro atoms. The average molecular weight is 263 g/mol. The van der Waals surface area contributed by atoms with Crippen LogP contribution in [0.2, 0.25) is 0 Å². The summed E-state index contributed by atoms with van der Waals surface area (Å²) in [6.07, 6.45) is 0. The van der Waals surface area contributed by atoms with Gasteiger partial charge in [-0.05, 0) is 24.1 Å². The third kappa shape index (κ3) is 2.45. The molecular formula is C9H9BrClNO. The average Bonchev–Trinajstić information content (AvgIpc) is 2.03. The van der Waals surface area contributed by atoms with Crippen LogP contribution in [-0.2, 0) is 4.79 Å². The first-order valence-electron chi connectivity index (χ1n) is 3.72. The van der Waals surface area contributed by atoms with Gasteiger partial charge in [-0.3, -0.25) is 4.79 Å². The molecule has 1 amide bonds. The molecule has 4 heteroatoms. The summed E-state index contributed by atoms with van der Waals surface area (Å²) < 4.78 is 0.811. The Morgan fingerprint density at radius 3 is 2.69 bits per heavy atom. The van der Waals surface area contributed by atoms with Crippen LogP contribution in [0.15, 0.2) is 22.7 Å². The number of nitrogens with two attached hydrogens (primary N) is 1. The van der Waals surface area contributed by atoms with E-state index in [1.54, 1.807) is 6.07 Å². The van der Waals surface area contributed by atoms with Gasteiger partial charge >= 0.3 is 0 Å². The van der Waals surface area contributed by atoms with Crippen LogP contribution in [-0.4, -0.2) is 5.91 Å². The number of hydrogen-bond acceptors (Lipinski definition) is 1. The van der Waals surface area contributed by atoms with E-state index in [9.17, 15) is 4.79 Å². The topological polar surface area (TPSA) is 43.1 Å². The molecule has 70 valence electrons. The number of rotatable bonds is 2. The molecule has 0 aliphatic carbocycles. The Morgan fingerprint density at radius 2 is 2.23 bits per heavy atom. The molecule has 1 unspecified atom stereocenters. The molecule has 0 aromatic heterocycles. The Morgan fingerprint density at radius 1 is 1.62 bits per heavy atom. The van der Waals surface area contributed by atoms with Crippen molar-refractivity contribution < 1.29 is 4.79 Å². The second kappa shape index (κ2) is 4.11. The Labute approximate surface area is 90.2 Å². The number of primary amides is 1. The fourth-order valence-electron chi connectivity index (χ4n) is 0.991. The third-order valence-corrected chi connectivity index (χ3v) is 2.82. The molecule has 0 aliphatic rings. The number of carbonyl (C=O) groups is 1. The van der Waals surface area contributed by atoms with Gasteiger partial charge in [0.25, 0.3) is 0 Å². The summed E-state index contributed by atoms with van der Waals surface area (Å²) in [6.45, 7) is 1.96. The fourth-order valence-corrected chi connectivity index (χ4v) is 2.04. The van der Waals surface area contributed by atoms with Crippen LogP contribution >= 0.6 is 27.5 Å². The van der Waals surface area contributed by atoms with Crippen LogP contribution in [0, 0.1) is 6.92 Å². The van der Waals surface area contributed by atoms with Crippen molar-refractivity contribution in [1.29, 1.82) is 0 Å². The summed E-state index contributed by atoms with van der Waals surface area (Å²) >= 11 is 9.12. The van der Waals surface area contributed by atoms with Crippen molar-refractivity contribution in [1.82, 2.24) is 0 Å². The van der Waals surface area contributed by atoms with E-state index in [4.69, 9.17) is 17.3 Å². The zero-order chi connectivity index (χ0) is 10.0. The van der Waals surface area contributed by atoms with Crippen molar-refractivity contribution in [2.45, 2.75) is 12.3 Å². The highest BCUT2D eigenvalue weighted by Crippen LogP contribution is 2.28. The van der Waals surface area contributed by atoms with Gasteiger partial charge in [-0.15, -0.1) is 11.6 Å². The molecule has 0 bridgehead atoms. The van der Waals surface area contributed by atoms with Crippen LogP contribution in [0.5, 0.6) is 0 Å². The Hall–Kier alpha value is -0.540. The van der Waals surface area contributed by atoms with Crippen molar-refractivity contribution in [3.63, 3.8) is 0 Å². The first kappa shape index (κ1) is 10.5. The highest BCUT2D eigenvalue weighted by Gasteiger charge is 2.16. The van der Waals surface area contributed by atoms with E-state index in [0.29, 0.717) is 5.56 Å². The van der Waals surface area contributed by atoms with Gasteiger partial charge in [-0.1, -0.05) is 28.1 Å². The van der Waals surface area contributed by atoms with E-state index in [1.807, 2.05) is 19.1 Å². The predicted molar refractivity (Wildman–Crippen MR) is 56.7 cm³/mol. The Kier molecular flexibility index (Phi) is 3.33. The lowest BCUT2D eigenvalue weighted by molar-refractivity contribution is -0.117. The van der Waals surface area contributed by atoms with E-state index >= 15 is 0 Å². The van der Waals surface area contributed by atoms with Crippen molar-refractivity contribution in [3.05, 3.63) is 33.8 Å². The normalized spacial score (nSPS) is 12.5. The number of carbonyl (C=O) groups excluding carboxylic acids is 1. The van der Waals surface area contributed by atoms with Crippen LogP contribution in [0.3, 0.4) is 0 Å². The molecular weight excluding hydrogens is 253 g/mol. The van der Waals surface area contributed by atoms with Crippen LogP contribution in [0.4, 0.5) is 0 Å². The molecule has 0 saturated carbocycles. The minimum Gasteiger partial charge on any atom is -0.368 e. The Balaban J connectivity index is 3.08. The summed E-state index contributed by atoms with van der Waals surface area (Å²) in [5.74, 6) is -0.536. The fraction of sp³-hybridized carbons (Fsp3) is 0.222. The standard InChI is InChI=1S/C9H9BrClNO/c1-5-2-3-6(7(10)4-5)8(11)9(12)13/h2-4,8H,1H3,(H2,12,13). The first-order valence-corrected chi connectivity index (χ1v) is 4.94. The minimum absolute atomic E-state index is 0.536. The lowest BCUT2D eigenvalue weighted by atomic mass is 10.1. The third-order valence-electron chi connectivity index (χ3n) is 1.68. The van der Waals surface area contributed by atoms with Gasteiger partial charge in [0, 0.05) is 4.47 Å². The van der Waals surface area contributed by atoms with Crippen molar-refractivity contribution in [2.24, 2.45) is 5.73 Å². The number of hydrogen-bond donors (Lipinski definition) is 1. The molecule has 1 aromatic rings. The van der Waals surface area contributed by atoms with Gasteiger partial charge < -0.3 is 5.73 Å². The van der Waals surface area contributed by atoms with Crippen LogP contribution in [0.1, 0.15) is 16.5 Å². The number of benzene rings is 1. The van der Waals surface area contributed by atoms with Crippen LogP contribution in [0.25, 0.3) is 0 Å². The highest BCUT2D eigenvalue weighted by molar-refractivity contribution is 9.10. The summed E-state index contributed by atoms with van der Waals surface area (Å²) in [4.78, 5) is 10.8. The Bertz CT molecular complexity index is 340. The van der Waals surface area contributed by atoms with Crippen molar-refractivity contribution >= 4 is 33.4 Å². The SMILES string of the molecule is Cc1ccc(C(Cl)C(N)=O)c(Br)c1. The molecule has 1 aromatic carbocycles. The maximum absolute atomic E-state index is 10.8. The number of halogens is 2. The first-order chi connectivity index (χ1) is 6.02. The lowest BCUT2D eigenvalue weighted by Gasteiger charge is -2.08. The van der Waals surface area contributed by atoms with E-state index < -0.39 is 11.3 Å². The number of aryl methyl sites for hydroxylation is 1. The second-order valence-corrected chi connectivity index (χ2v) is 4.08. The molecule has 0 radical (unpaired) electrons. The molecule has 1 atom stereocenters. The number of alkyl halides is 1. The zero-order valence-electron chi connectivity index (χ0n) is 7.05. The smallest absolute Gasteiger partial charge is 0.240 e. The quantitative estimate of drug-likeness (QED) is 0.818. The van der Waals surface area contributed by atoms with E-state index in [2.05, 4.69) is 15.9 Å². The minimum atomic E-state index is -0.769. The van der Waals surface area contributed by atoms with Gasteiger partial charge in [-0.25, -0.2) is 0 Å².